The van der Waals surface area contributed by atoms with E-state index >= 15 is 0 Å². The number of rotatable bonds is 8. The summed E-state index contributed by atoms with van der Waals surface area (Å²) in [5.41, 5.74) is 0.663. The predicted molar refractivity (Wildman–Crippen MR) is 88.0 cm³/mol. The van der Waals surface area contributed by atoms with Crippen molar-refractivity contribution in [2.45, 2.75) is 39.5 Å². The molecule has 0 bridgehead atoms. The van der Waals surface area contributed by atoms with E-state index in [1.807, 2.05) is 18.7 Å². The third-order valence-corrected chi connectivity index (χ3v) is 3.46. The van der Waals surface area contributed by atoms with Crippen LogP contribution >= 0.6 is 0 Å². The van der Waals surface area contributed by atoms with E-state index in [-0.39, 0.29) is 24.7 Å². The lowest BCUT2D eigenvalue weighted by Gasteiger charge is -2.21. The van der Waals surface area contributed by atoms with Gasteiger partial charge in [0.25, 0.3) is 0 Å². The minimum Gasteiger partial charge on any atom is -0.343 e. The van der Waals surface area contributed by atoms with Gasteiger partial charge in [-0.05, 0) is 18.9 Å². The molecule has 2 amide bonds. The molecule has 2 aromatic rings. The van der Waals surface area contributed by atoms with Crippen molar-refractivity contribution in [1.82, 2.24) is 19.5 Å². The first-order valence-electron chi connectivity index (χ1n) is 8.02. The highest BCUT2D eigenvalue weighted by molar-refractivity contribution is 5.92. The molecule has 0 fully saturated rings. The lowest BCUT2D eigenvalue weighted by molar-refractivity contribution is -0.133. The molecule has 2 rings (SSSR count). The van der Waals surface area contributed by atoms with Crippen LogP contribution in [0.5, 0.6) is 0 Å². The molecule has 2 aromatic heterocycles. The first-order valence-corrected chi connectivity index (χ1v) is 8.02. The first-order chi connectivity index (χ1) is 11.2. The number of aromatic nitrogens is 3. The first kappa shape index (κ1) is 16.9. The molecule has 1 N–H and O–H groups in total. The molecule has 0 unspecified atom stereocenters. The summed E-state index contributed by atoms with van der Waals surface area (Å²) in [4.78, 5) is 30.2. The molecule has 0 atom stereocenters. The minimum absolute atomic E-state index is 0.0304. The number of fused-ring (bicyclic) bond motifs is 1. The van der Waals surface area contributed by atoms with E-state index in [9.17, 15) is 9.59 Å². The van der Waals surface area contributed by atoms with Crippen LogP contribution in [0, 0.1) is 0 Å². The highest BCUT2D eigenvalue weighted by atomic mass is 16.2. The van der Waals surface area contributed by atoms with Crippen LogP contribution in [0.1, 0.15) is 39.5 Å². The quantitative estimate of drug-likeness (QED) is 0.808. The van der Waals surface area contributed by atoms with Gasteiger partial charge in [0, 0.05) is 38.2 Å². The molecular weight excluding hydrogens is 294 g/mol. The van der Waals surface area contributed by atoms with E-state index in [0.717, 1.165) is 25.9 Å². The number of hydrogen-bond acceptors (Lipinski definition) is 4. The number of nitrogens with one attached hydrogen (secondary N) is 1. The number of carbonyl (C=O) groups is 2. The van der Waals surface area contributed by atoms with Crippen molar-refractivity contribution >= 4 is 23.3 Å². The van der Waals surface area contributed by atoms with Gasteiger partial charge in [-0.1, -0.05) is 13.8 Å². The summed E-state index contributed by atoms with van der Waals surface area (Å²) < 4.78 is 1.56. The maximum atomic E-state index is 12.2. The second-order valence-corrected chi connectivity index (χ2v) is 5.36. The zero-order valence-electron chi connectivity index (χ0n) is 13.7. The summed E-state index contributed by atoms with van der Waals surface area (Å²) in [5, 5.41) is 6.89. The van der Waals surface area contributed by atoms with Crippen molar-refractivity contribution < 1.29 is 9.59 Å². The van der Waals surface area contributed by atoms with Gasteiger partial charge in [-0.25, -0.2) is 4.98 Å². The Bertz CT molecular complexity index is 661. The summed E-state index contributed by atoms with van der Waals surface area (Å²) in [6.07, 6.45) is 5.46. The minimum atomic E-state index is -0.200. The SMILES string of the molecule is CCCN(CCC)C(=O)CCC(=O)Nc1ccnc2ccnn12. The third kappa shape index (κ3) is 4.51. The fraction of sp³-hybridized carbons (Fsp3) is 0.500. The zero-order chi connectivity index (χ0) is 16.7. The van der Waals surface area contributed by atoms with E-state index in [2.05, 4.69) is 15.4 Å². The number of nitrogens with zero attached hydrogens (tertiary/aromatic N) is 4. The van der Waals surface area contributed by atoms with Crippen molar-refractivity contribution in [3.63, 3.8) is 0 Å². The van der Waals surface area contributed by atoms with Crippen LogP contribution < -0.4 is 5.32 Å². The van der Waals surface area contributed by atoms with Gasteiger partial charge in [0.1, 0.15) is 5.82 Å². The summed E-state index contributed by atoms with van der Waals surface area (Å²) in [5.74, 6) is 0.383. The molecule has 0 aliphatic carbocycles. The molecule has 0 aromatic carbocycles. The average molecular weight is 317 g/mol. The van der Waals surface area contributed by atoms with Crippen LogP contribution in [0.3, 0.4) is 0 Å². The molecule has 0 aliphatic heterocycles. The Balaban J connectivity index is 1.89. The maximum absolute atomic E-state index is 12.2. The van der Waals surface area contributed by atoms with Gasteiger partial charge in [0.15, 0.2) is 5.65 Å². The van der Waals surface area contributed by atoms with Gasteiger partial charge in [0.2, 0.25) is 11.8 Å². The van der Waals surface area contributed by atoms with E-state index in [1.165, 1.54) is 0 Å². The molecule has 0 saturated carbocycles. The normalized spacial score (nSPS) is 10.7. The third-order valence-electron chi connectivity index (χ3n) is 3.46. The Morgan fingerprint density at radius 3 is 2.57 bits per heavy atom. The molecular formula is C16H23N5O2. The number of carbonyl (C=O) groups excluding carboxylic acids is 2. The van der Waals surface area contributed by atoms with Crippen molar-refractivity contribution in [1.29, 1.82) is 0 Å². The fourth-order valence-electron chi connectivity index (χ4n) is 2.41. The Kier molecular flexibility index (Phi) is 6.08. The van der Waals surface area contributed by atoms with Gasteiger partial charge in [-0.15, -0.1) is 0 Å². The summed E-state index contributed by atoms with van der Waals surface area (Å²) in [6.45, 7) is 5.57. The average Bonchev–Trinajstić information content (AvgIpc) is 3.02. The van der Waals surface area contributed by atoms with E-state index < -0.39 is 0 Å². The monoisotopic (exact) mass is 317 g/mol. The highest BCUT2D eigenvalue weighted by Crippen LogP contribution is 2.09. The molecule has 0 aliphatic rings. The van der Waals surface area contributed by atoms with Crippen LogP contribution in [-0.2, 0) is 9.59 Å². The van der Waals surface area contributed by atoms with E-state index in [4.69, 9.17) is 0 Å². The summed E-state index contributed by atoms with van der Waals surface area (Å²) in [7, 11) is 0. The van der Waals surface area contributed by atoms with Crippen LogP contribution in [0.15, 0.2) is 24.5 Å². The maximum Gasteiger partial charge on any atom is 0.226 e. The standard InChI is InChI=1S/C16H23N5O2/c1-3-11-20(12-4-2)16(23)6-5-15(22)19-14-7-9-17-13-8-10-18-21(13)14/h7-10H,3-6,11-12H2,1-2H3,(H,19,22). The summed E-state index contributed by atoms with van der Waals surface area (Å²) in [6, 6.07) is 3.44. The number of anilines is 1. The largest absolute Gasteiger partial charge is 0.343 e. The Hall–Kier alpha value is -2.44. The van der Waals surface area contributed by atoms with Crippen LogP contribution in [0.4, 0.5) is 5.82 Å². The van der Waals surface area contributed by atoms with Gasteiger partial charge in [-0.3, -0.25) is 9.59 Å². The molecule has 0 spiro atoms. The predicted octanol–water partition coefficient (Wildman–Crippen LogP) is 2.10. The topological polar surface area (TPSA) is 79.6 Å². The van der Waals surface area contributed by atoms with Crippen LogP contribution in [0.2, 0.25) is 0 Å². The lowest BCUT2D eigenvalue weighted by Crippen LogP contribution is -2.33. The van der Waals surface area contributed by atoms with Crippen LogP contribution in [0.25, 0.3) is 5.65 Å². The van der Waals surface area contributed by atoms with Gasteiger partial charge in [0.05, 0.1) is 6.20 Å². The van der Waals surface area contributed by atoms with E-state index in [1.54, 1.807) is 29.0 Å². The molecule has 2 heterocycles. The summed E-state index contributed by atoms with van der Waals surface area (Å²) >= 11 is 0. The van der Waals surface area contributed by atoms with E-state index in [0.29, 0.717) is 11.5 Å². The van der Waals surface area contributed by atoms with Crippen molar-refractivity contribution in [3.05, 3.63) is 24.5 Å². The number of hydrogen-bond donors (Lipinski definition) is 1. The second-order valence-electron chi connectivity index (χ2n) is 5.36. The molecule has 0 saturated heterocycles. The fourth-order valence-corrected chi connectivity index (χ4v) is 2.41. The molecule has 7 nitrogen and oxygen atoms in total. The Morgan fingerprint density at radius 2 is 1.87 bits per heavy atom. The molecule has 23 heavy (non-hydrogen) atoms. The number of amides is 2. The molecule has 124 valence electrons. The highest BCUT2D eigenvalue weighted by Gasteiger charge is 2.14. The van der Waals surface area contributed by atoms with Crippen molar-refractivity contribution in [2.24, 2.45) is 0 Å². The van der Waals surface area contributed by atoms with Crippen molar-refractivity contribution in [2.75, 3.05) is 18.4 Å². The molecule has 7 heteroatoms. The smallest absolute Gasteiger partial charge is 0.226 e. The zero-order valence-corrected chi connectivity index (χ0v) is 13.7. The van der Waals surface area contributed by atoms with Crippen LogP contribution in [-0.4, -0.2) is 44.4 Å². The Labute approximate surface area is 135 Å². The van der Waals surface area contributed by atoms with Gasteiger partial charge < -0.3 is 10.2 Å². The molecule has 0 radical (unpaired) electrons. The van der Waals surface area contributed by atoms with Crippen molar-refractivity contribution in [3.8, 4) is 0 Å². The second kappa shape index (κ2) is 8.26. The van der Waals surface area contributed by atoms with Gasteiger partial charge >= 0.3 is 0 Å². The lowest BCUT2D eigenvalue weighted by atomic mass is 10.2. The van der Waals surface area contributed by atoms with Gasteiger partial charge in [-0.2, -0.15) is 9.61 Å². The Morgan fingerprint density at radius 1 is 1.13 bits per heavy atom.